The van der Waals surface area contributed by atoms with Crippen LogP contribution in [0.1, 0.15) is 5.56 Å². The highest BCUT2D eigenvalue weighted by Gasteiger charge is 2.31. The maximum Gasteiger partial charge on any atom is 0.416 e. The topological polar surface area (TPSA) is 3.24 Å². The molecule has 0 unspecified atom stereocenters. The van der Waals surface area contributed by atoms with Crippen LogP contribution in [0.2, 0.25) is 0 Å². The number of nitrogens with zero attached hydrogens (tertiary/aromatic N) is 1. The Morgan fingerprint density at radius 2 is 2.07 bits per heavy atom. The van der Waals surface area contributed by atoms with Crippen molar-refractivity contribution >= 4 is 17.4 Å². The van der Waals surface area contributed by atoms with E-state index in [0.717, 1.165) is 28.9 Å². The fraction of sp³-hybridized carbons (Fsp3) is 0.400. The Bertz CT molecular complexity index is 375. The third-order valence-corrected chi connectivity index (χ3v) is 3.41. The Morgan fingerprint density at radius 3 is 2.73 bits per heavy atom. The third-order valence-electron chi connectivity index (χ3n) is 2.38. The van der Waals surface area contributed by atoms with Crippen LogP contribution in [0.15, 0.2) is 23.1 Å². The molecule has 0 aromatic heterocycles. The summed E-state index contributed by atoms with van der Waals surface area (Å²) in [7, 11) is 1.89. The van der Waals surface area contributed by atoms with Crippen molar-refractivity contribution in [3.8, 4) is 0 Å². The van der Waals surface area contributed by atoms with Crippen LogP contribution in [0.25, 0.3) is 0 Å². The molecule has 5 heteroatoms. The fourth-order valence-corrected chi connectivity index (χ4v) is 2.70. The number of hydrogen-bond acceptors (Lipinski definition) is 2. The minimum Gasteiger partial charge on any atom is -0.373 e. The highest BCUT2D eigenvalue weighted by molar-refractivity contribution is 7.99. The molecule has 0 spiro atoms. The summed E-state index contributed by atoms with van der Waals surface area (Å²) in [5.41, 5.74) is 0.322. The number of rotatable bonds is 0. The van der Waals surface area contributed by atoms with Gasteiger partial charge in [0.05, 0.1) is 11.3 Å². The maximum absolute atomic E-state index is 12.4. The molecule has 82 valence electrons. The molecular weight excluding hydrogens is 223 g/mol. The molecular formula is C10H10F3NS. The molecule has 0 amide bonds. The zero-order chi connectivity index (χ0) is 11.1. The van der Waals surface area contributed by atoms with Crippen LogP contribution < -0.4 is 4.90 Å². The molecule has 0 aliphatic carbocycles. The molecule has 1 aromatic rings. The molecule has 0 N–H and O–H groups in total. The van der Waals surface area contributed by atoms with Gasteiger partial charge in [0.15, 0.2) is 0 Å². The molecule has 0 atom stereocenters. The first-order valence-electron chi connectivity index (χ1n) is 4.53. The van der Waals surface area contributed by atoms with Crippen LogP contribution in [0.5, 0.6) is 0 Å². The van der Waals surface area contributed by atoms with E-state index in [1.165, 1.54) is 17.8 Å². The van der Waals surface area contributed by atoms with E-state index in [2.05, 4.69) is 0 Å². The third kappa shape index (κ3) is 2.07. The molecule has 1 aromatic carbocycles. The molecule has 1 aliphatic rings. The number of anilines is 1. The lowest BCUT2D eigenvalue weighted by atomic mass is 10.2. The average molecular weight is 233 g/mol. The van der Waals surface area contributed by atoms with Crippen LogP contribution >= 0.6 is 11.8 Å². The summed E-state index contributed by atoms with van der Waals surface area (Å²) >= 11 is 1.48. The fourth-order valence-electron chi connectivity index (χ4n) is 1.53. The molecule has 2 rings (SSSR count). The van der Waals surface area contributed by atoms with Gasteiger partial charge in [-0.05, 0) is 18.2 Å². The number of hydrogen-bond donors (Lipinski definition) is 0. The number of thioether (sulfide) groups is 1. The monoisotopic (exact) mass is 233 g/mol. The normalized spacial score (nSPS) is 16.4. The highest BCUT2D eigenvalue weighted by Crippen LogP contribution is 2.38. The zero-order valence-corrected chi connectivity index (χ0v) is 8.95. The van der Waals surface area contributed by atoms with Crippen molar-refractivity contribution in [3.05, 3.63) is 23.8 Å². The second-order valence-electron chi connectivity index (χ2n) is 3.45. The van der Waals surface area contributed by atoms with E-state index >= 15 is 0 Å². The smallest absolute Gasteiger partial charge is 0.373 e. The van der Waals surface area contributed by atoms with Gasteiger partial charge in [-0.25, -0.2) is 0 Å². The molecule has 15 heavy (non-hydrogen) atoms. The van der Waals surface area contributed by atoms with Gasteiger partial charge >= 0.3 is 6.18 Å². The second-order valence-corrected chi connectivity index (χ2v) is 4.59. The summed E-state index contributed by atoms with van der Waals surface area (Å²) in [4.78, 5) is 2.70. The van der Waals surface area contributed by atoms with Crippen molar-refractivity contribution in [1.82, 2.24) is 0 Å². The largest absolute Gasteiger partial charge is 0.416 e. The van der Waals surface area contributed by atoms with E-state index in [0.29, 0.717) is 0 Å². The molecule has 0 fully saturated rings. The lowest BCUT2D eigenvalue weighted by Gasteiger charge is -2.27. The maximum atomic E-state index is 12.4. The minimum absolute atomic E-state index is 0.566. The van der Waals surface area contributed by atoms with Crippen molar-refractivity contribution < 1.29 is 13.2 Å². The van der Waals surface area contributed by atoms with E-state index in [4.69, 9.17) is 0 Å². The van der Waals surface area contributed by atoms with Crippen LogP contribution in [0, 0.1) is 0 Å². The summed E-state index contributed by atoms with van der Waals surface area (Å²) in [6.45, 7) is 0.878. The molecule has 1 aliphatic heterocycles. The quantitative estimate of drug-likeness (QED) is 0.676. The molecule has 1 nitrogen and oxygen atoms in total. The lowest BCUT2D eigenvalue weighted by Crippen LogP contribution is -2.24. The van der Waals surface area contributed by atoms with Crippen molar-refractivity contribution in [2.75, 3.05) is 24.2 Å². The number of alkyl halides is 3. The Kier molecular flexibility index (Phi) is 2.58. The van der Waals surface area contributed by atoms with Gasteiger partial charge in [0.25, 0.3) is 0 Å². The summed E-state index contributed by atoms with van der Waals surface area (Å²) < 4.78 is 37.3. The van der Waals surface area contributed by atoms with Crippen molar-refractivity contribution in [2.24, 2.45) is 0 Å². The number of halogens is 3. The van der Waals surface area contributed by atoms with E-state index in [-0.39, 0.29) is 0 Å². The Hall–Kier alpha value is -0.840. The highest BCUT2D eigenvalue weighted by atomic mass is 32.2. The second kappa shape index (κ2) is 3.63. The predicted octanol–water partition coefficient (Wildman–Crippen LogP) is 3.25. The van der Waals surface area contributed by atoms with Crippen LogP contribution in [-0.2, 0) is 6.18 Å². The Balaban J connectivity index is 2.42. The summed E-state index contributed by atoms with van der Waals surface area (Å²) in [5.74, 6) is 0.838. The SMILES string of the molecule is CN1CCSc2cc(C(F)(F)F)ccc21. The molecule has 0 bridgehead atoms. The van der Waals surface area contributed by atoms with Gasteiger partial charge < -0.3 is 4.90 Å². The van der Waals surface area contributed by atoms with Crippen molar-refractivity contribution in [2.45, 2.75) is 11.1 Å². The molecule has 0 saturated carbocycles. The van der Waals surface area contributed by atoms with Gasteiger partial charge in [0, 0.05) is 24.2 Å². The first-order chi connectivity index (χ1) is 6.98. The van der Waals surface area contributed by atoms with Gasteiger partial charge in [-0.15, -0.1) is 11.8 Å². The summed E-state index contributed by atoms with van der Waals surface area (Å²) in [6.07, 6.45) is -4.24. The van der Waals surface area contributed by atoms with Gasteiger partial charge in [0.1, 0.15) is 0 Å². The van der Waals surface area contributed by atoms with Crippen LogP contribution in [-0.4, -0.2) is 19.3 Å². The van der Waals surface area contributed by atoms with E-state index < -0.39 is 11.7 Å². The lowest BCUT2D eigenvalue weighted by molar-refractivity contribution is -0.137. The van der Waals surface area contributed by atoms with Crippen molar-refractivity contribution in [1.29, 1.82) is 0 Å². The molecule has 0 radical (unpaired) electrons. The predicted molar refractivity (Wildman–Crippen MR) is 55.4 cm³/mol. The first-order valence-corrected chi connectivity index (χ1v) is 5.52. The van der Waals surface area contributed by atoms with Crippen LogP contribution in [0.4, 0.5) is 18.9 Å². The average Bonchev–Trinajstić information content (AvgIpc) is 2.16. The van der Waals surface area contributed by atoms with Crippen LogP contribution in [0.3, 0.4) is 0 Å². The number of fused-ring (bicyclic) bond motifs is 1. The Morgan fingerprint density at radius 1 is 1.33 bits per heavy atom. The molecule has 0 saturated heterocycles. The van der Waals surface area contributed by atoms with Gasteiger partial charge in [-0.2, -0.15) is 13.2 Å². The van der Waals surface area contributed by atoms with Gasteiger partial charge in [0.2, 0.25) is 0 Å². The van der Waals surface area contributed by atoms with Gasteiger partial charge in [-0.1, -0.05) is 0 Å². The first kappa shape index (κ1) is 10.7. The standard InChI is InChI=1S/C10H10F3NS/c1-14-4-5-15-9-6-7(10(11,12)13)2-3-8(9)14/h2-3,6H,4-5H2,1H3. The van der Waals surface area contributed by atoms with Crippen molar-refractivity contribution in [3.63, 3.8) is 0 Å². The van der Waals surface area contributed by atoms with E-state index in [1.807, 2.05) is 11.9 Å². The van der Waals surface area contributed by atoms with E-state index in [9.17, 15) is 13.2 Å². The summed E-state index contributed by atoms with van der Waals surface area (Å²) in [6, 6.07) is 3.92. The Labute approximate surface area is 90.3 Å². The summed E-state index contributed by atoms with van der Waals surface area (Å²) in [5, 5.41) is 0. The molecule has 1 heterocycles. The van der Waals surface area contributed by atoms with E-state index in [1.54, 1.807) is 6.07 Å². The van der Waals surface area contributed by atoms with Gasteiger partial charge in [-0.3, -0.25) is 0 Å². The minimum atomic E-state index is -4.24. The number of benzene rings is 1. The zero-order valence-electron chi connectivity index (χ0n) is 8.14.